The Morgan fingerprint density at radius 3 is 2.73 bits per heavy atom. The number of amides is 1. The van der Waals surface area contributed by atoms with Crippen LogP contribution in [0.5, 0.6) is 0 Å². The SMILES string of the molecule is CN=C(NCc1cc(C#N)ccc1F)NC1CCN(C(=O)OC)CC1.I. The Morgan fingerprint density at radius 2 is 2.15 bits per heavy atom. The zero-order valence-electron chi connectivity index (χ0n) is 14.8. The van der Waals surface area contributed by atoms with E-state index in [1.807, 2.05) is 6.07 Å². The van der Waals surface area contributed by atoms with Gasteiger partial charge in [0.05, 0.1) is 18.7 Å². The Bertz CT molecular complexity index is 684. The van der Waals surface area contributed by atoms with Crippen LogP contribution in [0.15, 0.2) is 23.2 Å². The number of hydrogen-bond acceptors (Lipinski definition) is 4. The van der Waals surface area contributed by atoms with Gasteiger partial charge in [-0.15, -0.1) is 24.0 Å². The summed E-state index contributed by atoms with van der Waals surface area (Å²) in [5.74, 6) is 0.187. The van der Waals surface area contributed by atoms with Crippen LogP contribution in [0.25, 0.3) is 0 Å². The summed E-state index contributed by atoms with van der Waals surface area (Å²) in [5.41, 5.74) is 0.818. The third kappa shape index (κ3) is 6.01. The van der Waals surface area contributed by atoms with Crippen molar-refractivity contribution in [3.05, 3.63) is 35.1 Å². The summed E-state index contributed by atoms with van der Waals surface area (Å²) < 4.78 is 18.5. The number of hydrogen-bond donors (Lipinski definition) is 2. The van der Waals surface area contributed by atoms with Crippen LogP contribution >= 0.6 is 24.0 Å². The average molecular weight is 475 g/mol. The molecule has 0 spiro atoms. The maximum atomic E-state index is 13.8. The highest BCUT2D eigenvalue weighted by molar-refractivity contribution is 14.0. The molecule has 26 heavy (non-hydrogen) atoms. The van der Waals surface area contributed by atoms with E-state index >= 15 is 0 Å². The van der Waals surface area contributed by atoms with Gasteiger partial charge < -0.3 is 20.3 Å². The number of carbonyl (C=O) groups is 1. The maximum Gasteiger partial charge on any atom is 0.409 e. The van der Waals surface area contributed by atoms with E-state index in [0.717, 1.165) is 12.8 Å². The first-order valence-corrected chi connectivity index (χ1v) is 8.06. The van der Waals surface area contributed by atoms with Gasteiger partial charge >= 0.3 is 6.09 Å². The van der Waals surface area contributed by atoms with Crippen molar-refractivity contribution in [1.82, 2.24) is 15.5 Å². The van der Waals surface area contributed by atoms with E-state index in [-0.39, 0.29) is 48.5 Å². The highest BCUT2D eigenvalue weighted by Gasteiger charge is 2.23. The first-order chi connectivity index (χ1) is 12.1. The Morgan fingerprint density at radius 1 is 1.46 bits per heavy atom. The predicted molar refractivity (Wildman–Crippen MR) is 107 cm³/mol. The molecule has 1 aliphatic rings. The van der Waals surface area contributed by atoms with Gasteiger partial charge in [0, 0.05) is 38.3 Å². The Hall–Kier alpha value is -2.09. The molecule has 1 aromatic carbocycles. The molecular formula is C17H23FIN5O2. The van der Waals surface area contributed by atoms with E-state index in [0.29, 0.717) is 30.2 Å². The number of benzene rings is 1. The molecule has 7 nitrogen and oxygen atoms in total. The molecule has 1 saturated heterocycles. The van der Waals surface area contributed by atoms with E-state index in [2.05, 4.69) is 15.6 Å². The van der Waals surface area contributed by atoms with Gasteiger partial charge in [0.1, 0.15) is 5.82 Å². The fourth-order valence-corrected chi connectivity index (χ4v) is 2.68. The van der Waals surface area contributed by atoms with Gasteiger partial charge in [-0.1, -0.05) is 0 Å². The molecule has 0 aromatic heterocycles. The van der Waals surface area contributed by atoms with Crippen LogP contribution in [0.1, 0.15) is 24.0 Å². The van der Waals surface area contributed by atoms with Crippen molar-refractivity contribution in [2.45, 2.75) is 25.4 Å². The van der Waals surface area contributed by atoms with Gasteiger partial charge in [-0.05, 0) is 31.0 Å². The second-order valence-corrected chi connectivity index (χ2v) is 5.72. The molecule has 0 radical (unpaired) electrons. The summed E-state index contributed by atoms with van der Waals surface area (Å²) in [7, 11) is 3.01. The van der Waals surface area contributed by atoms with Crippen molar-refractivity contribution in [1.29, 1.82) is 5.26 Å². The van der Waals surface area contributed by atoms with Gasteiger partial charge in [0.2, 0.25) is 0 Å². The van der Waals surface area contributed by atoms with Crippen molar-refractivity contribution in [3.63, 3.8) is 0 Å². The number of ether oxygens (including phenoxy) is 1. The molecule has 2 rings (SSSR count). The Labute approximate surface area is 169 Å². The number of nitriles is 1. The number of piperidine rings is 1. The smallest absolute Gasteiger partial charge is 0.409 e. The lowest BCUT2D eigenvalue weighted by atomic mass is 10.1. The number of guanidine groups is 1. The summed E-state index contributed by atoms with van der Waals surface area (Å²) in [5, 5.41) is 15.2. The second kappa shape index (κ2) is 10.8. The molecule has 0 aliphatic carbocycles. The van der Waals surface area contributed by atoms with E-state index in [4.69, 9.17) is 10.00 Å². The number of nitrogens with one attached hydrogen (secondary N) is 2. The van der Waals surface area contributed by atoms with Crippen molar-refractivity contribution in [2.24, 2.45) is 4.99 Å². The monoisotopic (exact) mass is 475 g/mol. The number of likely N-dealkylation sites (tertiary alicyclic amines) is 1. The van der Waals surface area contributed by atoms with Crippen LogP contribution in [0, 0.1) is 17.1 Å². The Kier molecular flexibility index (Phi) is 9.12. The van der Waals surface area contributed by atoms with Crippen molar-refractivity contribution in [3.8, 4) is 6.07 Å². The molecule has 1 aliphatic heterocycles. The van der Waals surface area contributed by atoms with Gasteiger partial charge in [0.15, 0.2) is 5.96 Å². The molecule has 2 N–H and O–H groups in total. The largest absolute Gasteiger partial charge is 0.453 e. The minimum Gasteiger partial charge on any atom is -0.453 e. The highest BCUT2D eigenvalue weighted by Crippen LogP contribution is 2.12. The van der Waals surface area contributed by atoms with Crippen LogP contribution in [0.4, 0.5) is 9.18 Å². The molecule has 1 heterocycles. The topological polar surface area (TPSA) is 89.8 Å². The van der Waals surface area contributed by atoms with Gasteiger partial charge in [-0.25, -0.2) is 9.18 Å². The number of rotatable bonds is 3. The molecular weight excluding hydrogens is 452 g/mol. The van der Waals surface area contributed by atoms with E-state index in [9.17, 15) is 9.18 Å². The second-order valence-electron chi connectivity index (χ2n) is 5.72. The molecule has 0 atom stereocenters. The third-order valence-electron chi connectivity index (χ3n) is 4.11. The lowest BCUT2D eigenvalue weighted by Crippen LogP contribution is -2.49. The zero-order chi connectivity index (χ0) is 18.2. The zero-order valence-corrected chi connectivity index (χ0v) is 17.1. The van der Waals surface area contributed by atoms with Crippen LogP contribution in [0.2, 0.25) is 0 Å². The first kappa shape index (κ1) is 22.0. The molecule has 0 bridgehead atoms. The van der Waals surface area contributed by atoms with E-state index in [1.165, 1.54) is 25.3 Å². The van der Waals surface area contributed by atoms with Crippen LogP contribution in [0.3, 0.4) is 0 Å². The van der Waals surface area contributed by atoms with Crippen molar-refractivity contribution in [2.75, 3.05) is 27.2 Å². The van der Waals surface area contributed by atoms with Gasteiger partial charge in [-0.2, -0.15) is 5.26 Å². The number of methoxy groups -OCH3 is 1. The Balaban J connectivity index is 0.00000338. The number of aliphatic imine (C=N–C) groups is 1. The lowest BCUT2D eigenvalue weighted by Gasteiger charge is -2.32. The highest BCUT2D eigenvalue weighted by atomic mass is 127. The summed E-state index contributed by atoms with van der Waals surface area (Å²) in [4.78, 5) is 17.3. The average Bonchev–Trinajstić information content (AvgIpc) is 2.66. The molecule has 142 valence electrons. The predicted octanol–water partition coefficient (Wildman–Crippen LogP) is 2.21. The summed E-state index contributed by atoms with van der Waals surface area (Å²) in [6.07, 6.45) is 1.23. The fourth-order valence-electron chi connectivity index (χ4n) is 2.68. The minimum atomic E-state index is -0.367. The normalized spacial score (nSPS) is 14.8. The lowest BCUT2D eigenvalue weighted by molar-refractivity contribution is 0.111. The number of carbonyl (C=O) groups excluding carboxylic acids is 1. The van der Waals surface area contributed by atoms with Gasteiger partial charge in [-0.3, -0.25) is 4.99 Å². The first-order valence-electron chi connectivity index (χ1n) is 8.06. The number of nitrogens with zero attached hydrogens (tertiary/aromatic N) is 3. The summed E-state index contributed by atoms with van der Waals surface area (Å²) in [6.45, 7) is 1.45. The van der Waals surface area contributed by atoms with Crippen molar-refractivity contribution >= 4 is 36.0 Å². The quantitative estimate of drug-likeness (QED) is 0.398. The van der Waals surface area contributed by atoms with Crippen LogP contribution < -0.4 is 10.6 Å². The molecule has 1 aromatic rings. The molecule has 1 amide bonds. The maximum absolute atomic E-state index is 13.8. The molecule has 0 saturated carbocycles. The summed E-state index contributed by atoms with van der Waals surface area (Å²) >= 11 is 0. The standard InChI is InChI=1S/C17H22FN5O2.HI/c1-20-16(21-11-13-9-12(10-19)3-4-15(13)18)22-14-5-7-23(8-6-14)17(24)25-2;/h3-4,9,14H,5-8,11H2,1-2H3,(H2,20,21,22);1H. The molecule has 1 fully saturated rings. The fraction of sp³-hybridized carbons (Fsp3) is 0.471. The minimum absolute atomic E-state index is 0. The van der Waals surface area contributed by atoms with Crippen LogP contribution in [-0.4, -0.2) is 50.2 Å². The van der Waals surface area contributed by atoms with Crippen LogP contribution in [-0.2, 0) is 11.3 Å². The molecule has 0 unspecified atom stereocenters. The third-order valence-corrected chi connectivity index (χ3v) is 4.11. The molecule has 9 heteroatoms. The van der Waals surface area contributed by atoms with E-state index < -0.39 is 0 Å². The van der Waals surface area contributed by atoms with Gasteiger partial charge in [0.25, 0.3) is 0 Å². The summed E-state index contributed by atoms with van der Waals surface area (Å²) in [6, 6.07) is 6.42. The van der Waals surface area contributed by atoms with Crippen molar-refractivity contribution < 1.29 is 13.9 Å². The number of halogens is 2. The van der Waals surface area contributed by atoms with E-state index in [1.54, 1.807) is 11.9 Å².